The molecule has 1 aliphatic rings. The number of aliphatic hydroxyl groups is 1. The van der Waals surface area contributed by atoms with Gasteiger partial charge in [0.1, 0.15) is 6.10 Å². The van der Waals surface area contributed by atoms with E-state index in [2.05, 4.69) is 121 Å². The summed E-state index contributed by atoms with van der Waals surface area (Å²) in [4.78, 5) is 12.8. The van der Waals surface area contributed by atoms with Crippen molar-refractivity contribution in [3.63, 3.8) is 0 Å². The van der Waals surface area contributed by atoms with Gasteiger partial charge < -0.3 is 14.3 Å². The van der Waals surface area contributed by atoms with Crippen molar-refractivity contribution in [2.24, 2.45) is 29.1 Å². The quantitative estimate of drug-likeness (QED) is 0.127. The molecule has 0 saturated carbocycles. The third-order valence-electron chi connectivity index (χ3n) is 9.91. The molecule has 1 N–H and O–H groups in total. The van der Waals surface area contributed by atoms with Crippen LogP contribution in [0.15, 0.2) is 97.6 Å². The van der Waals surface area contributed by atoms with Crippen LogP contribution in [0.3, 0.4) is 0 Å². The molecule has 2 aromatic carbocycles. The van der Waals surface area contributed by atoms with E-state index in [1.807, 2.05) is 26.8 Å². The molecule has 4 nitrogen and oxygen atoms in total. The van der Waals surface area contributed by atoms with Crippen LogP contribution in [0.1, 0.15) is 88.0 Å². The molecule has 0 fully saturated rings. The molecule has 3 rings (SSSR count). The Kier molecular flexibility index (Phi) is 13.0. The Bertz CT molecular complexity index is 1260. The monoisotopic (exact) mass is 644 g/mol. The molecule has 252 valence electrons. The molecule has 0 saturated heterocycles. The zero-order valence-corrected chi connectivity index (χ0v) is 31.0. The lowest BCUT2D eigenvalue weighted by Gasteiger charge is -2.47. The second-order valence-corrected chi connectivity index (χ2v) is 19.9. The number of benzene rings is 2. The van der Waals surface area contributed by atoms with Crippen LogP contribution in [0, 0.1) is 29.1 Å². The topological polar surface area (TPSA) is 55.8 Å². The predicted octanol–water partition coefficient (Wildman–Crippen LogP) is 8.65. The summed E-state index contributed by atoms with van der Waals surface area (Å²) in [7, 11) is -2.80. The number of esters is 1. The Balaban J connectivity index is 2.06. The summed E-state index contributed by atoms with van der Waals surface area (Å²) in [5.41, 5.74) is 0.622. The largest absolute Gasteiger partial charge is 0.455 e. The molecule has 6 atom stereocenters. The molecule has 0 aromatic heterocycles. The summed E-state index contributed by atoms with van der Waals surface area (Å²) in [5.74, 6) is 0.928. The van der Waals surface area contributed by atoms with Gasteiger partial charge in [0.2, 0.25) is 0 Å². The molecule has 0 spiro atoms. The van der Waals surface area contributed by atoms with E-state index in [1.165, 1.54) is 15.9 Å². The minimum Gasteiger partial charge on any atom is -0.455 e. The van der Waals surface area contributed by atoms with Crippen LogP contribution in [0.4, 0.5) is 0 Å². The van der Waals surface area contributed by atoms with Gasteiger partial charge in [-0.2, -0.15) is 0 Å². The first kappa shape index (κ1) is 37.7. The fourth-order valence-electron chi connectivity index (χ4n) is 7.35. The molecular formula is C41H60O4Si. The fraction of sp³-hybridized carbons (Fsp3) is 0.537. The minimum absolute atomic E-state index is 0.0606. The maximum absolute atomic E-state index is 12.8. The number of aliphatic hydroxyl groups excluding tert-OH is 1. The van der Waals surface area contributed by atoms with Crippen molar-refractivity contribution < 1.29 is 19.1 Å². The van der Waals surface area contributed by atoms with Gasteiger partial charge in [-0.15, -0.1) is 6.58 Å². The average molecular weight is 645 g/mol. The van der Waals surface area contributed by atoms with Crippen molar-refractivity contribution in [3.8, 4) is 0 Å². The highest BCUT2D eigenvalue weighted by molar-refractivity contribution is 6.99. The highest BCUT2D eigenvalue weighted by Crippen LogP contribution is 2.46. The van der Waals surface area contributed by atoms with Crippen molar-refractivity contribution in [1.82, 2.24) is 0 Å². The van der Waals surface area contributed by atoms with Crippen molar-refractivity contribution in [1.29, 1.82) is 0 Å². The normalized spacial score (nSPS) is 21.2. The van der Waals surface area contributed by atoms with E-state index in [9.17, 15) is 9.90 Å². The third kappa shape index (κ3) is 8.79. The van der Waals surface area contributed by atoms with E-state index >= 15 is 0 Å². The van der Waals surface area contributed by atoms with Gasteiger partial charge in [0.05, 0.1) is 11.5 Å². The first-order valence-electron chi connectivity index (χ1n) is 17.1. The van der Waals surface area contributed by atoms with Gasteiger partial charge in [-0.05, 0) is 98.5 Å². The van der Waals surface area contributed by atoms with Gasteiger partial charge in [-0.1, -0.05) is 120 Å². The predicted molar refractivity (Wildman–Crippen MR) is 196 cm³/mol. The van der Waals surface area contributed by atoms with E-state index in [0.29, 0.717) is 18.3 Å². The molecule has 2 aromatic rings. The molecule has 0 bridgehead atoms. The lowest BCUT2D eigenvalue weighted by atomic mass is 9.64. The number of allylic oxidation sites excluding steroid dienone is 2. The van der Waals surface area contributed by atoms with E-state index < -0.39 is 25.9 Å². The number of hydrogen-bond donors (Lipinski definition) is 1. The molecule has 0 radical (unpaired) electrons. The summed E-state index contributed by atoms with van der Waals surface area (Å²) in [6, 6.07) is 21.6. The van der Waals surface area contributed by atoms with Crippen LogP contribution in [0.5, 0.6) is 0 Å². The smallest absolute Gasteiger partial charge is 0.311 e. The molecule has 5 heteroatoms. The molecule has 0 amide bonds. The Hall–Kier alpha value is -2.73. The van der Waals surface area contributed by atoms with Crippen molar-refractivity contribution in [2.75, 3.05) is 0 Å². The van der Waals surface area contributed by atoms with Gasteiger partial charge in [-0.3, -0.25) is 4.79 Å². The van der Waals surface area contributed by atoms with Crippen LogP contribution in [0.25, 0.3) is 0 Å². The third-order valence-corrected chi connectivity index (χ3v) is 15.0. The maximum atomic E-state index is 12.8. The van der Waals surface area contributed by atoms with E-state index in [4.69, 9.17) is 9.16 Å². The number of carbonyl (C=O) groups excluding carboxylic acids is 1. The zero-order valence-electron chi connectivity index (χ0n) is 30.0. The Morgan fingerprint density at radius 1 is 0.957 bits per heavy atom. The van der Waals surface area contributed by atoms with Crippen molar-refractivity contribution >= 4 is 24.7 Å². The second-order valence-electron chi connectivity index (χ2n) is 15.7. The zero-order chi connectivity index (χ0) is 34.3. The van der Waals surface area contributed by atoms with Crippen LogP contribution < -0.4 is 10.4 Å². The van der Waals surface area contributed by atoms with Gasteiger partial charge >= 0.3 is 5.97 Å². The molecule has 46 heavy (non-hydrogen) atoms. The first-order chi connectivity index (χ1) is 21.6. The molecule has 0 heterocycles. The van der Waals surface area contributed by atoms with E-state index in [0.717, 1.165) is 19.3 Å². The molecular weight excluding hydrogens is 585 g/mol. The Morgan fingerprint density at radius 2 is 1.50 bits per heavy atom. The van der Waals surface area contributed by atoms with E-state index in [1.54, 1.807) is 6.08 Å². The Labute approximate surface area is 281 Å². The van der Waals surface area contributed by atoms with Crippen molar-refractivity contribution in [3.05, 3.63) is 97.6 Å². The van der Waals surface area contributed by atoms with Crippen LogP contribution in [-0.4, -0.2) is 37.7 Å². The fourth-order valence-corrected chi connectivity index (χ4v) is 12.1. The molecule has 0 unspecified atom stereocenters. The van der Waals surface area contributed by atoms with Gasteiger partial charge in [-0.25, -0.2) is 0 Å². The van der Waals surface area contributed by atoms with E-state index in [-0.39, 0.29) is 28.9 Å². The summed E-state index contributed by atoms with van der Waals surface area (Å²) < 4.78 is 13.5. The van der Waals surface area contributed by atoms with Crippen LogP contribution >= 0.6 is 0 Å². The lowest BCUT2D eigenvalue weighted by Crippen LogP contribution is -2.67. The number of carbonyl (C=O) groups is 1. The maximum Gasteiger partial charge on any atom is 0.311 e. The van der Waals surface area contributed by atoms with Gasteiger partial charge in [0.25, 0.3) is 8.32 Å². The highest BCUT2D eigenvalue weighted by atomic mass is 28.4. The summed E-state index contributed by atoms with van der Waals surface area (Å²) in [5, 5.41) is 13.9. The van der Waals surface area contributed by atoms with Crippen LogP contribution in [-0.2, 0) is 14.0 Å². The summed E-state index contributed by atoms with van der Waals surface area (Å²) in [6.07, 6.45) is 7.32. The molecule has 1 aliphatic carbocycles. The standard InChI is InChI=1S/C41H60O4Si/c1-12-20-31(45-46(41(9,10)11,32-21-16-14-17-22-32)33-23-18-15-19-24-33)27-36-34(29(3)4)26-25-30(5)35(36)28-37(42)38(13-2)44-39(43)40(6,7)8/h12-19,21-25,29,31,34-38,42H,1-2,20,26-28H2,3-11H3/t31-,34+,35-,36+,37-,38+/m0/s1. The number of rotatable bonds is 14. The Morgan fingerprint density at radius 3 is 1.93 bits per heavy atom. The highest BCUT2D eigenvalue weighted by Gasteiger charge is 2.52. The number of ether oxygens (including phenoxy) is 1. The first-order valence-corrected chi connectivity index (χ1v) is 19.1. The second kappa shape index (κ2) is 15.9. The average Bonchev–Trinajstić information content (AvgIpc) is 2.99. The SMILES string of the molecule is C=CC[C@@H](C[C@@H]1[C@@H](C(C)C)CC=C(C)[C@@H]1C[C@H](O)[C@@H](C=C)OC(=O)C(C)(C)C)O[Si](c1ccccc1)(c1ccccc1)C(C)(C)C. The number of hydrogen-bond acceptors (Lipinski definition) is 4. The minimum atomic E-state index is -2.80. The van der Waals surface area contributed by atoms with Crippen molar-refractivity contribution in [2.45, 2.75) is 111 Å². The molecule has 0 aliphatic heterocycles. The van der Waals surface area contributed by atoms with Gasteiger partial charge in [0.15, 0.2) is 0 Å². The van der Waals surface area contributed by atoms with Gasteiger partial charge in [0, 0.05) is 6.10 Å². The van der Waals surface area contributed by atoms with Crippen LogP contribution in [0.2, 0.25) is 5.04 Å². The summed E-state index contributed by atoms with van der Waals surface area (Å²) >= 11 is 0. The summed E-state index contributed by atoms with van der Waals surface area (Å²) in [6.45, 7) is 27.3. The lowest BCUT2D eigenvalue weighted by molar-refractivity contribution is -0.161.